The summed E-state index contributed by atoms with van der Waals surface area (Å²) < 4.78 is 0. The van der Waals surface area contributed by atoms with E-state index < -0.39 is 5.97 Å². The minimum atomic E-state index is -1.08. The van der Waals surface area contributed by atoms with Crippen LogP contribution in [0.5, 0.6) is 0 Å². The Hall–Kier alpha value is -4.06. The van der Waals surface area contributed by atoms with Crippen molar-refractivity contribution >= 4 is 28.8 Å². The maximum Gasteiger partial charge on any atom is 0.328 e. The van der Waals surface area contributed by atoms with Gasteiger partial charge in [0.1, 0.15) is 11.5 Å². The Balaban J connectivity index is 1.95. The van der Waals surface area contributed by atoms with Crippen LogP contribution in [0.15, 0.2) is 72.9 Å². The Bertz CT molecular complexity index is 1200. The van der Waals surface area contributed by atoms with Crippen molar-refractivity contribution < 1.29 is 9.90 Å². The molecule has 0 bridgehead atoms. The van der Waals surface area contributed by atoms with Gasteiger partial charge in [-0.05, 0) is 24.3 Å². The van der Waals surface area contributed by atoms with Gasteiger partial charge in [0, 0.05) is 28.8 Å². The van der Waals surface area contributed by atoms with Gasteiger partial charge in [-0.25, -0.2) is 14.8 Å². The summed E-state index contributed by atoms with van der Waals surface area (Å²) in [5.74, 6) is -0.908. The molecule has 0 saturated heterocycles. The molecule has 0 unspecified atom stereocenters. The van der Waals surface area contributed by atoms with Gasteiger partial charge in [-0.1, -0.05) is 42.5 Å². The van der Waals surface area contributed by atoms with E-state index in [-0.39, 0.29) is 5.82 Å². The number of hydrogen-bond donors (Lipinski definition) is 2. The summed E-state index contributed by atoms with van der Waals surface area (Å²) in [6, 6.07) is 19.3. The van der Waals surface area contributed by atoms with Crippen molar-refractivity contribution in [3.63, 3.8) is 0 Å². The summed E-state index contributed by atoms with van der Waals surface area (Å²) in [7, 11) is 0. The molecule has 28 heavy (non-hydrogen) atoms. The smallest absolute Gasteiger partial charge is 0.328 e. The molecule has 0 aliphatic heterocycles. The summed E-state index contributed by atoms with van der Waals surface area (Å²) in [5.41, 5.74) is 10.2. The quantitative estimate of drug-likeness (QED) is 0.527. The van der Waals surface area contributed by atoms with Crippen molar-refractivity contribution in [2.45, 2.75) is 0 Å². The van der Waals surface area contributed by atoms with Crippen LogP contribution in [0.25, 0.3) is 39.5 Å². The summed E-state index contributed by atoms with van der Waals surface area (Å²) >= 11 is 0. The first-order chi connectivity index (χ1) is 13.6. The zero-order valence-electron chi connectivity index (χ0n) is 14.8. The van der Waals surface area contributed by atoms with Crippen LogP contribution in [-0.4, -0.2) is 26.0 Å². The Morgan fingerprint density at radius 1 is 0.929 bits per heavy atom. The van der Waals surface area contributed by atoms with E-state index in [1.165, 1.54) is 6.08 Å². The number of carboxylic acids is 1. The molecule has 4 aromatic rings. The predicted molar refractivity (Wildman–Crippen MR) is 109 cm³/mol. The van der Waals surface area contributed by atoms with Gasteiger partial charge in [0.05, 0.1) is 16.9 Å². The van der Waals surface area contributed by atoms with Crippen LogP contribution < -0.4 is 5.73 Å². The second-order valence-corrected chi connectivity index (χ2v) is 6.14. The zero-order valence-corrected chi connectivity index (χ0v) is 14.8. The number of aromatic nitrogens is 3. The van der Waals surface area contributed by atoms with Crippen LogP contribution in [0.1, 0.15) is 5.69 Å². The number of nitrogens with two attached hydrogens (primary N) is 1. The minimum absolute atomic E-state index is 0.169. The van der Waals surface area contributed by atoms with Crippen LogP contribution in [0, 0.1) is 0 Å². The second kappa shape index (κ2) is 7.28. The number of pyridine rings is 1. The highest BCUT2D eigenvalue weighted by Crippen LogP contribution is 2.32. The number of nitrogen functional groups attached to an aromatic ring is 1. The first-order valence-corrected chi connectivity index (χ1v) is 8.61. The molecule has 0 spiro atoms. The van der Waals surface area contributed by atoms with Crippen LogP contribution in [0.3, 0.4) is 0 Å². The minimum Gasteiger partial charge on any atom is -0.478 e. The lowest BCUT2D eigenvalue weighted by atomic mass is 10.0. The standard InChI is InChI=1S/C22H16N4O2/c23-22-18(10-11-19(27)28)25-21(20(26-22)14-5-2-1-3-6-14)16-8-9-17-15(13-16)7-4-12-24-17/h1-13H,(H2,23,26)(H,27,28)/b11-10+. The van der Waals surface area contributed by atoms with E-state index in [4.69, 9.17) is 10.8 Å². The fraction of sp³-hybridized carbons (Fsp3) is 0. The van der Waals surface area contributed by atoms with Crippen molar-refractivity contribution in [1.29, 1.82) is 0 Å². The third-order valence-corrected chi connectivity index (χ3v) is 4.26. The molecule has 2 aromatic carbocycles. The average Bonchev–Trinajstić information content (AvgIpc) is 2.73. The molecule has 0 atom stereocenters. The van der Waals surface area contributed by atoms with E-state index in [9.17, 15) is 4.79 Å². The average molecular weight is 368 g/mol. The molecule has 2 heterocycles. The van der Waals surface area contributed by atoms with Gasteiger partial charge in [0.15, 0.2) is 0 Å². The topological polar surface area (TPSA) is 102 Å². The van der Waals surface area contributed by atoms with Crippen molar-refractivity contribution in [3.05, 3.63) is 78.6 Å². The molecule has 0 aliphatic rings. The first kappa shape index (κ1) is 17.4. The number of hydrogen-bond acceptors (Lipinski definition) is 5. The number of nitrogens with zero attached hydrogens (tertiary/aromatic N) is 3. The highest BCUT2D eigenvalue weighted by atomic mass is 16.4. The van der Waals surface area contributed by atoms with Crippen molar-refractivity contribution in [2.24, 2.45) is 0 Å². The monoisotopic (exact) mass is 368 g/mol. The lowest BCUT2D eigenvalue weighted by Crippen LogP contribution is -2.03. The number of benzene rings is 2. The Morgan fingerprint density at radius 2 is 1.71 bits per heavy atom. The zero-order chi connectivity index (χ0) is 19.5. The molecule has 0 amide bonds. The van der Waals surface area contributed by atoms with Gasteiger partial charge < -0.3 is 10.8 Å². The van der Waals surface area contributed by atoms with E-state index in [1.807, 2.05) is 60.7 Å². The van der Waals surface area contributed by atoms with Crippen LogP contribution >= 0.6 is 0 Å². The number of carboxylic acid groups (broad SMARTS) is 1. The lowest BCUT2D eigenvalue weighted by Gasteiger charge is -2.12. The summed E-state index contributed by atoms with van der Waals surface area (Å²) in [4.78, 5) is 24.4. The first-order valence-electron chi connectivity index (χ1n) is 8.61. The number of fused-ring (bicyclic) bond motifs is 1. The summed E-state index contributed by atoms with van der Waals surface area (Å²) in [5, 5.41) is 9.89. The number of carbonyl (C=O) groups is 1. The summed E-state index contributed by atoms with van der Waals surface area (Å²) in [6.07, 6.45) is 4.09. The predicted octanol–water partition coefficient (Wildman–Crippen LogP) is 4.04. The third kappa shape index (κ3) is 3.43. The van der Waals surface area contributed by atoms with Crippen LogP contribution in [-0.2, 0) is 4.79 Å². The van der Waals surface area contributed by atoms with E-state index >= 15 is 0 Å². The second-order valence-electron chi connectivity index (χ2n) is 6.14. The molecule has 6 heteroatoms. The van der Waals surface area contributed by atoms with E-state index in [1.54, 1.807) is 6.20 Å². The van der Waals surface area contributed by atoms with Crippen molar-refractivity contribution in [1.82, 2.24) is 15.0 Å². The molecular weight excluding hydrogens is 352 g/mol. The van der Waals surface area contributed by atoms with Gasteiger partial charge in [-0.2, -0.15) is 0 Å². The lowest BCUT2D eigenvalue weighted by molar-refractivity contribution is -0.131. The van der Waals surface area contributed by atoms with Gasteiger partial charge >= 0.3 is 5.97 Å². The molecule has 3 N–H and O–H groups in total. The Labute approximate surface area is 161 Å². The SMILES string of the molecule is Nc1nc(-c2ccccc2)c(-c2ccc3ncccc3c2)nc1/C=C/C(=O)O. The Morgan fingerprint density at radius 3 is 2.50 bits per heavy atom. The fourth-order valence-electron chi connectivity index (χ4n) is 2.96. The van der Waals surface area contributed by atoms with Gasteiger partial charge in [-0.3, -0.25) is 4.98 Å². The molecule has 0 radical (unpaired) electrons. The number of anilines is 1. The molecule has 136 valence electrons. The maximum atomic E-state index is 10.9. The molecular formula is C22H16N4O2. The van der Waals surface area contributed by atoms with Crippen molar-refractivity contribution in [3.8, 4) is 22.5 Å². The van der Waals surface area contributed by atoms with Crippen LogP contribution in [0.4, 0.5) is 5.82 Å². The van der Waals surface area contributed by atoms with Gasteiger partial charge in [-0.15, -0.1) is 0 Å². The molecule has 0 aliphatic carbocycles. The van der Waals surface area contributed by atoms with Crippen LogP contribution in [0.2, 0.25) is 0 Å². The number of aliphatic carboxylic acids is 1. The molecule has 2 aromatic heterocycles. The fourth-order valence-corrected chi connectivity index (χ4v) is 2.96. The highest BCUT2D eigenvalue weighted by molar-refractivity contribution is 5.89. The van der Waals surface area contributed by atoms with E-state index in [2.05, 4.69) is 15.0 Å². The van der Waals surface area contributed by atoms with E-state index in [0.29, 0.717) is 17.1 Å². The van der Waals surface area contributed by atoms with Gasteiger partial charge in [0.2, 0.25) is 0 Å². The normalized spacial score (nSPS) is 11.1. The van der Waals surface area contributed by atoms with Gasteiger partial charge in [0.25, 0.3) is 0 Å². The van der Waals surface area contributed by atoms with Crippen molar-refractivity contribution in [2.75, 3.05) is 5.73 Å². The third-order valence-electron chi connectivity index (χ3n) is 4.26. The Kier molecular flexibility index (Phi) is 4.51. The molecule has 6 nitrogen and oxygen atoms in total. The molecule has 0 fully saturated rings. The highest BCUT2D eigenvalue weighted by Gasteiger charge is 2.15. The largest absolute Gasteiger partial charge is 0.478 e. The molecule has 0 saturated carbocycles. The summed E-state index contributed by atoms with van der Waals surface area (Å²) in [6.45, 7) is 0. The molecule has 4 rings (SSSR count). The maximum absolute atomic E-state index is 10.9. The number of rotatable bonds is 4. The van der Waals surface area contributed by atoms with E-state index in [0.717, 1.165) is 28.1 Å².